The maximum atomic E-state index is 11.7. The van der Waals surface area contributed by atoms with Crippen molar-refractivity contribution in [3.05, 3.63) is 16.1 Å². The summed E-state index contributed by atoms with van der Waals surface area (Å²) in [7, 11) is 0. The highest BCUT2D eigenvalue weighted by Crippen LogP contribution is 2.21. The summed E-state index contributed by atoms with van der Waals surface area (Å²) in [5.41, 5.74) is 1.02. The van der Waals surface area contributed by atoms with Crippen molar-refractivity contribution < 1.29 is 4.79 Å². The Kier molecular flexibility index (Phi) is 4.93. The van der Waals surface area contributed by atoms with Gasteiger partial charge in [0.05, 0.1) is 6.04 Å². The molecule has 0 bridgehead atoms. The summed E-state index contributed by atoms with van der Waals surface area (Å²) < 4.78 is 0. The normalized spacial score (nSPS) is 12.8. The van der Waals surface area contributed by atoms with Crippen LogP contribution in [0.5, 0.6) is 0 Å². The minimum Gasteiger partial charge on any atom is -0.347 e. The number of nitrogens with one attached hydrogen (secondary N) is 1. The van der Waals surface area contributed by atoms with E-state index in [1.54, 1.807) is 11.3 Å². The zero-order valence-corrected chi connectivity index (χ0v) is 11.2. The van der Waals surface area contributed by atoms with Gasteiger partial charge >= 0.3 is 0 Å². The second-order valence-corrected chi connectivity index (χ2v) is 5.34. The quantitative estimate of drug-likeness (QED) is 0.859. The molecule has 3 nitrogen and oxygen atoms in total. The van der Waals surface area contributed by atoms with Crippen molar-refractivity contribution >= 4 is 17.2 Å². The molecule has 1 N–H and O–H groups in total. The molecule has 0 aliphatic rings. The van der Waals surface area contributed by atoms with Crippen molar-refractivity contribution in [2.24, 2.45) is 5.92 Å². The van der Waals surface area contributed by atoms with E-state index in [0.29, 0.717) is 12.3 Å². The Balaban J connectivity index is 2.59. The lowest BCUT2D eigenvalue weighted by Crippen LogP contribution is -2.28. The van der Waals surface area contributed by atoms with Crippen LogP contribution in [0.25, 0.3) is 0 Å². The van der Waals surface area contributed by atoms with Gasteiger partial charge in [0, 0.05) is 17.5 Å². The minimum absolute atomic E-state index is 0.0740. The monoisotopic (exact) mass is 240 g/mol. The van der Waals surface area contributed by atoms with Crippen molar-refractivity contribution in [3.8, 4) is 0 Å². The molecule has 0 fully saturated rings. The number of rotatable bonds is 5. The number of nitrogens with zero attached hydrogens (tertiary/aromatic N) is 1. The summed E-state index contributed by atoms with van der Waals surface area (Å²) in [5, 5.41) is 6.07. The van der Waals surface area contributed by atoms with Crippen molar-refractivity contribution in [2.45, 2.75) is 46.6 Å². The van der Waals surface area contributed by atoms with Gasteiger partial charge in [0.2, 0.25) is 5.91 Å². The van der Waals surface area contributed by atoms with Gasteiger partial charge in [-0.05, 0) is 19.3 Å². The summed E-state index contributed by atoms with van der Waals surface area (Å²) in [5.74, 6) is 0.519. The fraction of sp³-hybridized carbons (Fsp3) is 0.667. The molecular weight excluding hydrogens is 220 g/mol. The first-order valence-corrected chi connectivity index (χ1v) is 6.62. The highest BCUT2D eigenvalue weighted by molar-refractivity contribution is 7.09. The van der Waals surface area contributed by atoms with Crippen molar-refractivity contribution in [3.63, 3.8) is 0 Å². The fourth-order valence-electron chi connectivity index (χ4n) is 1.49. The molecular formula is C12H20N2OS. The predicted octanol–water partition coefficient (Wildman–Crippen LogP) is 3.06. The molecule has 4 heteroatoms. The number of aromatic nitrogens is 1. The zero-order chi connectivity index (χ0) is 12.1. The third-order valence-corrected chi connectivity index (χ3v) is 3.35. The van der Waals surface area contributed by atoms with Crippen LogP contribution < -0.4 is 5.32 Å². The zero-order valence-electron chi connectivity index (χ0n) is 10.4. The maximum Gasteiger partial charge on any atom is 0.220 e. The smallest absolute Gasteiger partial charge is 0.220 e. The maximum absolute atomic E-state index is 11.7. The van der Waals surface area contributed by atoms with Crippen molar-refractivity contribution in [2.75, 3.05) is 0 Å². The van der Waals surface area contributed by atoms with Gasteiger partial charge in [0.25, 0.3) is 0 Å². The number of amides is 1. The summed E-state index contributed by atoms with van der Waals surface area (Å²) in [6, 6.07) is 0.0740. The minimum atomic E-state index is 0.0740. The topological polar surface area (TPSA) is 42.0 Å². The van der Waals surface area contributed by atoms with Crippen LogP contribution in [0.1, 0.15) is 50.4 Å². The molecule has 1 unspecified atom stereocenters. The Morgan fingerprint density at radius 3 is 2.69 bits per heavy atom. The molecule has 16 heavy (non-hydrogen) atoms. The van der Waals surface area contributed by atoms with E-state index in [2.05, 4.69) is 17.2 Å². The summed E-state index contributed by atoms with van der Waals surface area (Å²) in [6.45, 7) is 8.14. The molecule has 0 spiro atoms. The number of aryl methyl sites for hydroxylation is 1. The Hall–Kier alpha value is -0.900. The van der Waals surface area contributed by atoms with Crippen molar-refractivity contribution in [1.29, 1.82) is 0 Å². The van der Waals surface area contributed by atoms with Gasteiger partial charge in [-0.2, -0.15) is 0 Å². The van der Waals surface area contributed by atoms with Crippen LogP contribution in [-0.4, -0.2) is 10.9 Å². The number of hydrogen-bond donors (Lipinski definition) is 1. The van der Waals surface area contributed by atoms with Crippen LogP contribution in [0.4, 0.5) is 0 Å². The van der Waals surface area contributed by atoms with E-state index < -0.39 is 0 Å². The van der Waals surface area contributed by atoms with Crippen LogP contribution in [0.15, 0.2) is 5.38 Å². The molecule has 0 saturated carbocycles. The lowest BCUT2D eigenvalue weighted by molar-refractivity contribution is -0.122. The van der Waals surface area contributed by atoms with E-state index in [1.165, 1.54) is 0 Å². The third-order valence-electron chi connectivity index (χ3n) is 2.27. The van der Waals surface area contributed by atoms with E-state index >= 15 is 0 Å². The van der Waals surface area contributed by atoms with Crippen LogP contribution in [-0.2, 0) is 4.79 Å². The first-order chi connectivity index (χ1) is 7.52. The van der Waals surface area contributed by atoms with Gasteiger partial charge < -0.3 is 5.32 Å². The third kappa shape index (κ3) is 3.93. The average Bonchev–Trinajstić information content (AvgIpc) is 2.60. The van der Waals surface area contributed by atoms with Crippen LogP contribution in [0.3, 0.4) is 0 Å². The Morgan fingerprint density at radius 2 is 2.25 bits per heavy atom. The molecule has 1 aromatic heterocycles. The van der Waals surface area contributed by atoms with Gasteiger partial charge in [-0.1, -0.05) is 20.8 Å². The summed E-state index contributed by atoms with van der Waals surface area (Å²) >= 11 is 1.62. The number of thiazole rings is 1. The average molecular weight is 240 g/mol. The van der Waals surface area contributed by atoms with Gasteiger partial charge in [0.15, 0.2) is 0 Å². The largest absolute Gasteiger partial charge is 0.347 e. The van der Waals surface area contributed by atoms with Gasteiger partial charge in [-0.3, -0.25) is 4.79 Å². The molecule has 90 valence electrons. The standard InChI is InChI=1S/C12H20N2OS/c1-5-10(12-13-9(4)7-16-12)14-11(15)6-8(2)3/h7-8,10H,5-6H2,1-4H3,(H,14,15). The molecule has 1 atom stereocenters. The lowest BCUT2D eigenvalue weighted by Gasteiger charge is -2.15. The molecule has 0 aromatic carbocycles. The first-order valence-electron chi connectivity index (χ1n) is 5.74. The van der Waals surface area contributed by atoms with Gasteiger partial charge in [-0.15, -0.1) is 11.3 Å². The highest BCUT2D eigenvalue weighted by Gasteiger charge is 2.16. The molecule has 1 aromatic rings. The van der Waals surface area contributed by atoms with E-state index in [9.17, 15) is 4.79 Å². The second kappa shape index (κ2) is 5.99. The van der Waals surface area contributed by atoms with Crippen LogP contribution in [0.2, 0.25) is 0 Å². The van der Waals surface area contributed by atoms with Gasteiger partial charge in [-0.25, -0.2) is 4.98 Å². The predicted molar refractivity (Wildman–Crippen MR) is 67.5 cm³/mol. The Bertz CT molecular complexity index is 347. The number of hydrogen-bond acceptors (Lipinski definition) is 3. The number of carbonyl (C=O) groups excluding carboxylic acids is 1. The Morgan fingerprint density at radius 1 is 1.56 bits per heavy atom. The first kappa shape index (κ1) is 13.2. The SMILES string of the molecule is CCC(NC(=O)CC(C)C)c1nc(C)cs1. The van der Waals surface area contributed by atoms with Crippen LogP contribution in [0, 0.1) is 12.8 Å². The van der Waals surface area contributed by atoms with E-state index in [-0.39, 0.29) is 11.9 Å². The second-order valence-electron chi connectivity index (χ2n) is 4.45. The summed E-state index contributed by atoms with van der Waals surface area (Å²) in [6.07, 6.45) is 1.47. The number of carbonyl (C=O) groups is 1. The van der Waals surface area contributed by atoms with Crippen LogP contribution >= 0.6 is 11.3 Å². The van der Waals surface area contributed by atoms with E-state index in [4.69, 9.17) is 0 Å². The lowest BCUT2D eigenvalue weighted by atomic mass is 10.1. The Labute approximate surface area is 101 Å². The molecule has 1 rings (SSSR count). The highest BCUT2D eigenvalue weighted by atomic mass is 32.1. The van der Waals surface area contributed by atoms with Crippen molar-refractivity contribution in [1.82, 2.24) is 10.3 Å². The molecule has 1 heterocycles. The summed E-state index contributed by atoms with van der Waals surface area (Å²) in [4.78, 5) is 16.1. The molecule has 0 aliphatic heterocycles. The molecule has 0 radical (unpaired) electrons. The molecule has 1 amide bonds. The fourth-order valence-corrected chi connectivity index (χ4v) is 2.43. The van der Waals surface area contributed by atoms with E-state index in [1.807, 2.05) is 26.2 Å². The molecule has 0 aliphatic carbocycles. The van der Waals surface area contributed by atoms with E-state index in [0.717, 1.165) is 17.1 Å². The van der Waals surface area contributed by atoms with Gasteiger partial charge in [0.1, 0.15) is 5.01 Å². The molecule has 0 saturated heterocycles.